The minimum Gasteiger partial charge on any atom is -0.329 e. The molecule has 0 aliphatic heterocycles. The molecule has 0 amide bonds. The number of benzene rings is 1. The molecule has 0 atom stereocenters. The van der Waals surface area contributed by atoms with E-state index in [1.165, 1.54) is 11.8 Å². The summed E-state index contributed by atoms with van der Waals surface area (Å²) >= 11 is 1.33. The molecule has 2 aromatic heterocycles. The lowest BCUT2D eigenvalue weighted by Gasteiger charge is -2.01. The molecule has 1 radical (unpaired) electrons. The highest BCUT2D eigenvalue weighted by Crippen LogP contribution is 2.31. The van der Waals surface area contributed by atoms with Gasteiger partial charge in [0, 0.05) is 16.7 Å². The van der Waals surface area contributed by atoms with Gasteiger partial charge in [-0.3, -0.25) is 0 Å². The van der Waals surface area contributed by atoms with Crippen molar-refractivity contribution >= 4 is 11.8 Å². The third-order valence-corrected chi connectivity index (χ3v) is 3.46. The first-order valence-corrected chi connectivity index (χ1v) is 6.86. The minimum absolute atomic E-state index is 0.121. The Morgan fingerprint density at radius 2 is 2.05 bits per heavy atom. The van der Waals surface area contributed by atoms with Crippen molar-refractivity contribution in [3.8, 4) is 11.4 Å². The minimum atomic E-state index is -4.66. The predicted octanol–water partition coefficient (Wildman–Crippen LogP) is 4.10. The van der Waals surface area contributed by atoms with Gasteiger partial charge in [-0.25, -0.2) is 4.98 Å². The second-order valence-electron chi connectivity index (χ2n) is 4.13. The summed E-state index contributed by atoms with van der Waals surface area (Å²) in [6.07, 6.45) is -3.00. The molecule has 1 aromatic carbocycles. The molecule has 0 aliphatic carbocycles. The normalized spacial score (nSPS) is 11.6. The van der Waals surface area contributed by atoms with E-state index in [1.54, 1.807) is 30.5 Å². The fourth-order valence-corrected chi connectivity index (χ4v) is 2.42. The number of hydrogen-bond acceptors (Lipinski definition) is 5. The number of aromatic nitrogens is 3. The standard InChI is InChI=1S/C14H7F3N3OS/c15-14(16,17)13-19-12(20-21-13)9-4-3-5-10(8-9)22-11-6-1-2-7-18-11/h1-4,6-8H. The van der Waals surface area contributed by atoms with Gasteiger partial charge in [0.15, 0.2) is 0 Å². The number of halogens is 3. The van der Waals surface area contributed by atoms with Crippen molar-refractivity contribution in [2.45, 2.75) is 16.1 Å². The summed E-state index contributed by atoms with van der Waals surface area (Å²) < 4.78 is 41.6. The molecule has 0 spiro atoms. The van der Waals surface area contributed by atoms with Crippen LogP contribution >= 0.6 is 11.8 Å². The van der Waals surface area contributed by atoms with E-state index in [0.29, 0.717) is 10.5 Å². The van der Waals surface area contributed by atoms with Crippen molar-refractivity contribution in [2.75, 3.05) is 0 Å². The van der Waals surface area contributed by atoms with E-state index in [9.17, 15) is 13.2 Å². The monoisotopic (exact) mass is 322 g/mol. The van der Waals surface area contributed by atoms with Crippen LogP contribution in [0.4, 0.5) is 13.2 Å². The summed E-state index contributed by atoms with van der Waals surface area (Å²) in [5, 5.41) is 4.11. The van der Waals surface area contributed by atoms with E-state index >= 15 is 0 Å². The third kappa shape index (κ3) is 3.28. The topological polar surface area (TPSA) is 51.8 Å². The van der Waals surface area contributed by atoms with Gasteiger partial charge in [0.2, 0.25) is 5.82 Å². The van der Waals surface area contributed by atoms with E-state index in [1.807, 2.05) is 12.1 Å². The van der Waals surface area contributed by atoms with E-state index < -0.39 is 12.1 Å². The zero-order chi connectivity index (χ0) is 15.6. The predicted molar refractivity (Wildman–Crippen MR) is 71.9 cm³/mol. The molecule has 0 aliphatic rings. The van der Waals surface area contributed by atoms with Crippen LogP contribution < -0.4 is 0 Å². The van der Waals surface area contributed by atoms with Crippen LogP contribution in [0.15, 0.2) is 57.0 Å². The molecule has 3 rings (SSSR count). The summed E-state index contributed by atoms with van der Waals surface area (Å²) in [5.74, 6) is -1.49. The van der Waals surface area contributed by atoms with Gasteiger partial charge in [-0.05, 0) is 24.3 Å². The van der Waals surface area contributed by atoms with Crippen LogP contribution in [0.5, 0.6) is 0 Å². The highest BCUT2D eigenvalue weighted by molar-refractivity contribution is 7.99. The molecule has 111 valence electrons. The van der Waals surface area contributed by atoms with Gasteiger partial charge in [-0.15, -0.1) is 0 Å². The number of alkyl halides is 3. The lowest BCUT2D eigenvalue weighted by Crippen LogP contribution is -2.04. The van der Waals surface area contributed by atoms with Crippen molar-refractivity contribution < 1.29 is 17.7 Å². The first kappa shape index (κ1) is 14.6. The average molecular weight is 322 g/mol. The summed E-state index contributed by atoms with van der Waals surface area (Å²) in [6.45, 7) is 0. The van der Waals surface area contributed by atoms with Crippen LogP contribution in [0.25, 0.3) is 11.4 Å². The third-order valence-electron chi connectivity index (χ3n) is 2.55. The number of pyridine rings is 1. The molecule has 0 N–H and O–H groups in total. The van der Waals surface area contributed by atoms with Gasteiger partial charge in [0.05, 0.1) is 0 Å². The van der Waals surface area contributed by atoms with Gasteiger partial charge in [-0.2, -0.15) is 18.2 Å². The van der Waals surface area contributed by atoms with Gasteiger partial charge >= 0.3 is 12.1 Å². The molecule has 0 saturated heterocycles. The SMILES string of the molecule is FC(F)(F)c1nc(-c2cc[c]c(Sc3ccccn3)c2)no1. The van der Waals surface area contributed by atoms with Crippen molar-refractivity contribution in [3.63, 3.8) is 0 Å². The van der Waals surface area contributed by atoms with E-state index in [4.69, 9.17) is 0 Å². The first-order chi connectivity index (χ1) is 10.5. The van der Waals surface area contributed by atoms with Crippen molar-refractivity contribution in [2.24, 2.45) is 0 Å². The second kappa shape index (κ2) is 5.80. The Hall–Kier alpha value is -2.35. The van der Waals surface area contributed by atoms with Crippen molar-refractivity contribution in [3.05, 3.63) is 54.6 Å². The fourth-order valence-electron chi connectivity index (χ4n) is 1.62. The summed E-state index contributed by atoms with van der Waals surface area (Å²) in [6, 6.07) is 13.2. The summed E-state index contributed by atoms with van der Waals surface area (Å²) in [5.41, 5.74) is 0.413. The maximum atomic E-state index is 12.5. The first-order valence-electron chi connectivity index (χ1n) is 6.04. The van der Waals surface area contributed by atoms with E-state index in [-0.39, 0.29) is 5.82 Å². The molecule has 3 aromatic rings. The van der Waals surface area contributed by atoms with Crippen LogP contribution in [0.1, 0.15) is 5.89 Å². The van der Waals surface area contributed by atoms with Crippen LogP contribution in [0.3, 0.4) is 0 Å². The van der Waals surface area contributed by atoms with Crippen LogP contribution in [-0.4, -0.2) is 15.1 Å². The molecule has 0 bridgehead atoms. The van der Waals surface area contributed by atoms with Gasteiger partial charge in [-0.1, -0.05) is 35.1 Å². The van der Waals surface area contributed by atoms with Crippen LogP contribution in [-0.2, 0) is 6.18 Å². The molecule has 22 heavy (non-hydrogen) atoms. The lowest BCUT2D eigenvalue weighted by molar-refractivity contribution is -0.159. The highest BCUT2D eigenvalue weighted by atomic mass is 32.2. The fraction of sp³-hybridized carbons (Fsp3) is 0.0714. The molecule has 8 heteroatoms. The van der Waals surface area contributed by atoms with Crippen molar-refractivity contribution in [1.29, 1.82) is 0 Å². The largest absolute Gasteiger partial charge is 0.471 e. The smallest absolute Gasteiger partial charge is 0.329 e. The van der Waals surface area contributed by atoms with E-state index in [0.717, 1.165) is 5.03 Å². The Balaban J connectivity index is 1.86. The molecule has 0 saturated carbocycles. The second-order valence-corrected chi connectivity index (χ2v) is 5.19. The Labute approximate surface area is 127 Å². The number of nitrogens with zero attached hydrogens (tertiary/aromatic N) is 3. The average Bonchev–Trinajstić information content (AvgIpc) is 2.99. The molecule has 2 heterocycles. The zero-order valence-electron chi connectivity index (χ0n) is 10.8. The van der Waals surface area contributed by atoms with Gasteiger partial charge in [0.25, 0.3) is 0 Å². The van der Waals surface area contributed by atoms with Crippen LogP contribution in [0, 0.1) is 6.07 Å². The molecule has 0 unspecified atom stereocenters. The van der Waals surface area contributed by atoms with Gasteiger partial charge in [0.1, 0.15) is 5.03 Å². The Bertz CT molecular complexity index is 774. The maximum absolute atomic E-state index is 12.5. The molecule has 4 nitrogen and oxygen atoms in total. The highest BCUT2D eigenvalue weighted by Gasteiger charge is 2.38. The zero-order valence-corrected chi connectivity index (χ0v) is 11.6. The van der Waals surface area contributed by atoms with Gasteiger partial charge < -0.3 is 4.52 Å². The quantitative estimate of drug-likeness (QED) is 0.726. The maximum Gasteiger partial charge on any atom is 0.471 e. The molecule has 0 fully saturated rings. The Morgan fingerprint density at radius 1 is 1.18 bits per heavy atom. The Morgan fingerprint density at radius 3 is 2.73 bits per heavy atom. The Kier molecular flexibility index (Phi) is 3.84. The number of hydrogen-bond donors (Lipinski definition) is 0. The summed E-state index contributed by atoms with van der Waals surface area (Å²) in [7, 11) is 0. The van der Waals surface area contributed by atoms with E-state index in [2.05, 4.69) is 25.7 Å². The molecular formula is C14H7F3N3OS. The van der Waals surface area contributed by atoms with Crippen LogP contribution in [0.2, 0.25) is 0 Å². The lowest BCUT2D eigenvalue weighted by atomic mass is 10.2. The summed E-state index contributed by atoms with van der Waals surface area (Å²) in [4.78, 5) is 8.21. The molecular weight excluding hydrogens is 315 g/mol. The number of rotatable bonds is 3. The van der Waals surface area contributed by atoms with Crippen molar-refractivity contribution in [1.82, 2.24) is 15.1 Å².